The number of ether oxygens (including phenoxy) is 1. The van der Waals surface area contributed by atoms with E-state index in [1.807, 2.05) is 13.0 Å². The maximum atomic E-state index is 11.6. The topological polar surface area (TPSA) is 39.2 Å². The normalized spacial score (nSPS) is 10.5. The minimum atomic E-state index is -0.275. The van der Waals surface area contributed by atoms with Gasteiger partial charge in [0.2, 0.25) is 0 Å². The third-order valence-electron chi connectivity index (χ3n) is 2.05. The largest absolute Gasteiger partial charge is 0.462 e. The molecule has 0 spiro atoms. The van der Waals surface area contributed by atoms with E-state index in [4.69, 9.17) is 4.74 Å². The number of esters is 1. The fourth-order valence-corrected chi connectivity index (χ4v) is 2.32. The molecule has 2 aromatic heterocycles. The van der Waals surface area contributed by atoms with Gasteiger partial charge in [0.05, 0.1) is 12.2 Å². The average Bonchev–Trinajstić information content (AvgIpc) is 2.57. The van der Waals surface area contributed by atoms with Crippen molar-refractivity contribution >= 4 is 27.5 Å². The first kappa shape index (κ1) is 10.1. The Morgan fingerprint density at radius 2 is 2.40 bits per heavy atom. The van der Waals surface area contributed by atoms with Gasteiger partial charge in [-0.05, 0) is 26.0 Å². The Morgan fingerprint density at radius 1 is 1.60 bits per heavy atom. The van der Waals surface area contributed by atoms with Crippen LogP contribution >= 0.6 is 11.3 Å². The number of aryl methyl sites for hydroxylation is 1. The summed E-state index contributed by atoms with van der Waals surface area (Å²) in [6.07, 6.45) is 1.64. The summed E-state index contributed by atoms with van der Waals surface area (Å²) in [5, 5.41) is 0.887. The van der Waals surface area contributed by atoms with E-state index in [2.05, 4.69) is 4.98 Å². The van der Waals surface area contributed by atoms with Crippen LogP contribution in [-0.4, -0.2) is 17.6 Å². The first-order valence-electron chi connectivity index (χ1n) is 4.74. The first-order chi connectivity index (χ1) is 7.22. The minimum absolute atomic E-state index is 0.275. The zero-order chi connectivity index (χ0) is 10.8. The van der Waals surface area contributed by atoms with Gasteiger partial charge in [0, 0.05) is 16.5 Å². The summed E-state index contributed by atoms with van der Waals surface area (Å²) in [5.41, 5.74) is 0.603. The lowest BCUT2D eigenvalue weighted by Gasteiger charge is -2.01. The third-order valence-corrected chi connectivity index (χ3v) is 3.01. The van der Waals surface area contributed by atoms with E-state index in [0.29, 0.717) is 12.2 Å². The molecule has 0 atom stereocenters. The fraction of sp³-hybridized carbons (Fsp3) is 0.273. The fourth-order valence-electron chi connectivity index (χ4n) is 1.45. The van der Waals surface area contributed by atoms with E-state index in [-0.39, 0.29) is 5.97 Å². The van der Waals surface area contributed by atoms with Crippen molar-refractivity contribution in [3.8, 4) is 0 Å². The van der Waals surface area contributed by atoms with Crippen LogP contribution in [0.2, 0.25) is 0 Å². The molecule has 0 aliphatic rings. The maximum absolute atomic E-state index is 11.6. The third kappa shape index (κ3) is 1.85. The lowest BCUT2D eigenvalue weighted by molar-refractivity contribution is 0.0528. The molecule has 0 N–H and O–H groups in total. The highest BCUT2D eigenvalue weighted by Crippen LogP contribution is 2.26. The maximum Gasteiger partial charge on any atom is 0.338 e. The molecule has 0 saturated carbocycles. The molecule has 2 rings (SSSR count). The van der Waals surface area contributed by atoms with Gasteiger partial charge in [-0.15, -0.1) is 11.3 Å². The van der Waals surface area contributed by atoms with Crippen molar-refractivity contribution in [3.05, 3.63) is 28.8 Å². The van der Waals surface area contributed by atoms with Gasteiger partial charge in [0.15, 0.2) is 0 Å². The van der Waals surface area contributed by atoms with E-state index in [1.54, 1.807) is 30.5 Å². The van der Waals surface area contributed by atoms with Gasteiger partial charge in [0.25, 0.3) is 0 Å². The van der Waals surface area contributed by atoms with Crippen molar-refractivity contribution in [1.82, 2.24) is 4.98 Å². The van der Waals surface area contributed by atoms with Crippen LogP contribution in [0.15, 0.2) is 18.3 Å². The second-order valence-electron chi connectivity index (χ2n) is 3.15. The van der Waals surface area contributed by atoms with Crippen LogP contribution in [0.25, 0.3) is 10.2 Å². The molecule has 0 radical (unpaired) electrons. The van der Waals surface area contributed by atoms with Gasteiger partial charge in [-0.25, -0.2) is 9.78 Å². The standard InChI is InChI=1S/C11H11NO2S/c1-3-14-11(13)8-4-5-12-10-9(8)6-7(2)15-10/h4-6H,3H2,1-2H3. The molecule has 4 heteroatoms. The number of fused-ring (bicyclic) bond motifs is 1. The minimum Gasteiger partial charge on any atom is -0.462 e. The van der Waals surface area contributed by atoms with Crippen molar-refractivity contribution in [1.29, 1.82) is 0 Å². The number of nitrogens with zero attached hydrogens (tertiary/aromatic N) is 1. The SMILES string of the molecule is CCOC(=O)c1ccnc2sc(C)cc12. The van der Waals surface area contributed by atoms with Crippen LogP contribution in [-0.2, 0) is 4.74 Å². The van der Waals surface area contributed by atoms with Gasteiger partial charge in [-0.3, -0.25) is 0 Å². The zero-order valence-electron chi connectivity index (χ0n) is 8.61. The predicted octanol–water partition coefficient (Wildman–Crippen LogP) is 2.78. The van der Waals surface area contributed by atoms with Crippen LogP contribution in [0, 0.1) is 6.92 Å². The summed E-state index contributed by atoms with van der Waals surface area (Å²) in [4.78, 5) is 17.9. The summed E-state index contributed by atoms with van der Waals surface area (Å²) < 4.78 is 4.98. The monoisotopic (exact) mass is 221 g/mol. The Kier molecular flexibility index (Phi) is 2.68. The van der Waals surface area contributed by atoms with Gasteiger partial charge >= 0.3 is 5.97 Å². The molecule has 15 heavy (non-hydrogen) atoms. The summed E-state index contributed by atoms with van der Waals surface area (Å²) >= 11 is 1.58. The highest BCUT2D eigenvalue weighted by molar-refractivity contribution is 7.18. The summed E-state index contributed by atoms with van der Waals surface area (Å²) in [5.74, 6) is -0.275. The Hall–Kier alpha value is -1.42. The Bertz CT molecular complexity index is 504. The summed E-state index contributed by atoms with van der Waals surface area (Å²) in [7, 11) is 0. The highest BCUT2D eigenvalue weighted by Gasteiger charge is 2.12. The van der Waals surface area contributed by atoms with Crippen molar-refractivity contribution in [2.75, 3.05) is 6.61 Å². The summed E-state index contributed by atoms with van der Waals surface area (Å²) in [6, 6.07) is 3.67. The molecule has 78 valence electrons. The molecule has 0 aromatic carbocycles. The number of rotatable bonds is 2. The molecule has 0 bridgehead atoms. The van der Waals surface area contributed by atoms with Crippen LogP contribution in [0.4, 0.5) is 0 Å². The lowest BCUT2D eigenvalue weighted by atomic mass is 10.2. The van der Waals surface area contributed by atoms with Crippen molar-refractivity contribution in [3.63, 3.8) is 0 Å². The second-order valence-corrected chi connectivity index (χ2v) is 4.39. The van der Waals surface area contributed by atoms with E-state index in [0.717, 1.165) is 15.1 Å². The molecule has 0 saturated heterocycles. The molecule has 2 heterocycles. The highest BCUT2D eigenvalue weighted by atomic mass is 32.1. The van der Waals surface area contributed by atoms with Crippen LogP contribution in [0.1, 0.15) is 22.2 Å². The Labute approximate surface area is 91.7 Å². The van der Waals surface area contributed by atoms with Gasteiger partial charge < -0.3 is 4.74 Å². The molecule has 0 fully saturated rings. The molecule has 2 aromatic rings. The van der Waals surface area contributed by atoms with Gasteiger partial charge in [-0.2, -0.15) is 0 Å². The molecule has 0 unspecified atom stereocenters. The van der Waals surface area contributed by atoms with Crippen LogP contribution in [0.5, 0.6) is 0 Å². The Balaban J connectivity index is 2.55. The predicted molar refractivity (Wildman–Crippen MR) is 60.3 cm³/mol. The van der Waals surface area contributed by atoms with Crippen molar-refractivity contribution in [2.45, 2.75) is 13.8 Å². The number of thiophene rings is 1. The smallest absolute Gasteiger partial charge is 0.338 e. The summed E-state index contributed by atoms with van der Waals surface area (Å²) in [6.45, 7) is 4.20. The Morgan fingerprint density at radius 3 is 3.13 bits per heavy atom. The average molecular weight is 221 g/mol. The van der Waals surface area contributed by atoms with Gasteiger partial charge in [0.1, 0.15) is 4.83 Å². The van der Waals surface area contributed by atoms with E-state index < -0.39 is 0 Å². The second kappa shape index (κ2) is 3.98. The lowest BCUT2D eigenvalue weighted by Crippen LogP contribution is -2.04. The molecule has 0 amide bonds. The quantitative estimate of drug-likeness (QED) is 0.732. The number of pyridine rings is 1. The molecular formula is C11H11NO2S. The number of hydrogen-bond donors (Lipinski definition) is 0. The van der Waals surface area contributed by atoms with Gasteiger partial charge in [-0.1, -0.05) is 0 Å². The van der Waals surface area contributed by atoms with E-state index >= 15 is 0 Å². The van der Waals surface area contributed by atoms with Crippen LogP contribution < -0.4 is 0 Å². The van der Waals surface area contributed by atoms with Crippen LogP contribution in [0.3, 0.4) is 0 Å². The number of aromatic nitrogens is 1. The van der Waals surface area contributed by atoms with E-state index in [1.165, 1.54) is 0 Å². The van der Waals surface area contributed by atoms with Crippen molar-refractivity contribution in [2.24, 2.45) is 0 Å². The first-order valence-corrected chi connectivity index (χ1v) is 5.56. The van der Waals surface area contributed by atoms with Crippen molar-refractivity contribution < 1.29 is 9.53 Å². The zero-order valence-corrected chi connectivity index (χ0v) is 9.43. The molecule has 0 aliphatic carbocycles. The molecular weight excluding hydrogens is 210 g/mol. The number of carbonyl (C=O) groups is 1. The number of carbonyl (C=O) groups excluding carboxylic acids is 1. The molecule has 0 aliphatic heterocycles. The van der Waals surface area contributed by atoms with E-state index in [9.17, 15) is 4.79 Å². The number of hydrogen-bond acceptors (Lipinski definition) is 4. The molecule has 3 nitrogen and oxygen atoms in total.